The van der Waals surface area contributed by atoms with E-state index in [4.69, 9.17) is 15.7 Å². The Morgan fingerprint density at radius 1 is 1.22 bits per heavy atom. The van der Waals surface area contributed by atoms with Gasteiger partial charge in [0.25, 0.3) is 0 Å². The van der Waals surface area contributed by atoms with Gasteiger partial charge < -0.3 is 20.4 Å². The molecule has 1 atom stereocenters. The summed E-state index contributed by atoms with van der Waals surface area (Å²) in [7, 11) is 0. The van der Waals surface area contributed by atoms with E-state index in [9.17, 15) is 5.26 Å². The molecule has 1 aliphatic carbocycles. The number of benzene rings is 2. The monoisotopic (exact) mass is 503 g/mol. The van der Waals surface area contributed by atoms with Crippen LogP contribution >= 0.6 is 0 Å². The zero-order valence-electron chi connectivity index (χ0n) is 17.6. The quantitative estimate of drug-likeness (QED) is 0.397. The van der Waals surface area contributed by atoms with E-state index in [0.29, 0.717) is 24.5 Å². The van der Waals surface area contributed by atoms with Gasteiger partial charge in [0.1, 0.15) is 12.4 Å². The fraction of sp³-hybridized carbons (Fsp3) is 0.208. The van der Waals surface area contributed by atoms with Gasteiger partial charge in [-0.1, -0.05) is 36.4 Å². The molecule has 0 amide bonds. The standard InChI is InChI=1S/C16H16N3O.C8H8N2O.Y/c17-9-14-11-20-16-7-6-13(18)8-15(16)19(14)10-12-4-2-1-3-5-12;11-10-7-2-1-6-3-4-9-8(6)5-7;/h2,4-8,14,18H,1,3,10-11H2;1-5,9-11H;/q-1;;. The molecule has 7 nitrogen and oxygen atoms in total. The van der Waals surface area contributed by atoms with Gasteiger partial charge in [0.2, 0.25) is 0 Å². The number of allylic oxidation sites excluding steroid dienone is 2. The van der Waals surface area contributed by atoms with Crippen LogP contribution in [-0.4, -0.2) is 29.4 Å². The third-order valence-electron chi connectivity index (χ3n) is 5.30. The molecule has 5 rings (SSSR count). The van der Waals surface area contributed by atoms with Crippen molar-refractivity contribution in [2.45, 2.75) is 18.9 Å². The van der Waals surface area contributed by atoms with Crippen LogP contribution in [0.4, 0.5) is 17.1 Å². The smallest absolute Gasteiger partial charge is 0.151 e. The normalized spacial score (nSPS) is 16.4. The van der Waals surface area contributed by atoms with Crippen LogP contribution in [0.2, 0.25) is 0 Å². The molecule has 0 fully saturated rings. The third-order valence-corrected chi connectivity index (χ3v) is 5.30. The Balaban J connectivity index is 0.000000204. The van der Waals surface area contributed by atoms with Crippen molar-refractivity contribution in [3.8, 4) is 11.8 Å². The molecule has 161 valence electrons. The van der Waals surface area contributed by atoms with Crippen molar-refractivity contribution in [3.05, 3.63) is 78.2 Å². The summed E-state index contributed by atoms with van der Waals surface area (Å²) in [6, 6.07) is 14.9. The van der Waals surface area contributed by atoms with E-state index in [0.717, 1.165) is 35.2 Å². The fourth-order valence-electron chi connectivity index (χ4n) is 3.69. The van der Waals surface area contributed by atoms with Crippen molar-refractivity contribution in [3.63, 3.8) is 0 Å². The van der Waals surface area contributed by atoms with Crippen molar-refractivity contribution < 1.29 is 42.7 Å². The van der Waals surface area contributed by atoms with E-state index in [1.807, 2.05) is 41.4 Å². The van der Waals surface area contributed by atoms with Crippen molar-refractivity contribution >= 4 is 28.0 Å². The Hall–Kier alpha value is -2.79. The first kappa shape index (κ1) is 23.9. The Morgan fingerprint density at radius 2 is 2.09 bits per heavy atom. The number of ether oxygens (including phenoxy) is 1. The summed E-state index contributed by atoms with van der Waals surface area (Å²) in [5, 5.41) is 19.0. The molecule has 0 saturated carbocycles. The molecule has 0 spiro atoms. The van der Waals surface area contributed by atoms with Crippen LogP contribution < -0.4 is 15.1 Å². The summed E-state index contributed by atoms with van der Waals surface area (Å²) in [4.78, 5) is 5.08. The average Bonchev–Trinajstić information content (AvgIpc) is 3.28. The van der Waals surface area contributed by atoms with Crippen molar-refractivity contribution in [2.75, 3.05) is 23.5 Å². The number of H-pyrrole nitrogens is 1. The van der Waals surface area contributed by atoms with Gasteiger partial charge in [-0.15, -0.1) is 5.69 Å². The maximum atomic E-state index is 9.33. The Labute approximate surface area is 212 Å². The summed E-state index contributed by atoms with van der Waals surface area (Å²) in [5.74, 6) is 0.757. The first-order chi connectivity index (χ1) is 15.2. The minimum Gasteiger partial charge on any atom is -0.699 e. The van der Waals surface area contributed by atoms with E-state index in [1.54, 1.807) is 12.1 Å². The van der Waals surface area contributed by atoms with E-state index in [2.05, 4.69) is 34.8 Å². The molecule has 1 unspecified atom stereocenters. The number of aromatic amines is 1. The molecule has 1 aliphatic heterocycles. The molecule has 1 aromatic heterocycles. The Morgan fingerprint density at radius 3 is 2.84 bits per heavy atom. The maximum Gasteiger partial charge on any atom is 0.151 e. The molecule has 0 bridgehead atoms. The zero-order valence-corrected chi connectivity index (χ0v) is 20.4. The van der Waals surface area contributed by atoms with Crippen LogP contribution in [0.3, 0.4) is 0 Å². The second-order valence-corrected chi connectivity index (χ2v) is 7.42. The van der Waals surface area contributed by atoms with Gasteiger partial charge in [0.15, 0.2) is 6.04 Å². The molecule has 3 aromatic rings. The third kappa shape index (κ3) is 5.52. The number of nitrogens with zero attached hydrogens (tertiary/aromatic N) is 2. The molecule has 2 heterocycles. The van der Waals surface area contributed by atoms with Crippen LogP contribution in [0.15, 0.2) is 72.5 Å². The number of anilines is 2. The van der Waals surface area contributed by atoms with Crippen LogP contribution in [-0.2, 0) is 32.7 Å². The summed E-state index contributed by atoms with van der Waals surface area (Å²) in [6.07, 6.45) is 10.5. The topological polar surface area (TPSA) is 108 Å². The number of nitriles is 1. The van der Waals surface area contributed by atoms with E-state index >= 15 is 0 Å². The molecule has 2 aliphatic rings. The molecule has 2 aromatic carbocycles. The summed E-state index contributed by atoms with van der Waals surface area (Å²) in [5.41, 5.74) is 14.1. The van der Waals surface area contributed by atoms with Crippen LogP contribution in [0, 0.1) is 11.3 Å². The van der Waals surface area contributed by atoms with Crippen molar-refractivity contribution in [1.29, 1.82) is 5.26 Å². The van der Waals surface area contributed by atoms with Crippen LogP contribution in [0.1, 0.15) is 12.8 Å². The van der Waals surface area contributed by atoms with Gasteiger partial charge in [0, 0.05) is 51.0 Å². The van der Waals surface area contributed by atoms with Crippen molar-refractivity contribution in [1.82, 2.24) is 4.98 Å². The molecular formula is C24H24N5O2Y-. The largest absolute Gasteiger partial charge is 0.699 e. The fourth-order valence-corrected chi connectivity index (χ4v) is 3.69. The molecule has 0 saturated heterocycles. The minimum atomic E-state index is -0.305. The molecule has 4 N–H and O–H groups in total. The number of hydrogen-bond donors (Lipinski definition) is 3. The second-order valence-electron chi connectivity index (χ2n) is 7.42. The van der Waals surface area contributed by atoms with E-state index in [1.165, 1.54) is 5.57 Å². The predicted octanol–water partition coefficient (Wildman–Crippen LogP) is 5.70. The average molecular weight is 503 g/mol. The number of aromatic nitrogens is 1. The summed E-state index contributed by atoms with van der Waals surface area (Å²) >= 11 is 0. The molecule has 8 heteroatoms. The molecular weight excluding hydrogens is 479 g/mol. The minimum absolute atomic E-state index is 0. The molecule has 32 heavy (non-hydrogen) atoms. The number of fused-ring (bicyclic) bond motifs is 2. The van der Waals surface area contributed by atoms with Gasteiger partial charge >= 0.3 is 0 Å². The van der Waals surface area contributed by atoms with Crippen LogP contribution in [0.5, 0.6) is 5.75 Å². The van der Waals surface area contributed by atoms with Gasteiger partial charge in [-0.05, 0) is 48.1 Å². The maximum absolute atomic E-state index is 9.33. The van der Waals surface area contributed by atoms with Gasteiger partial charge in [-0.2, -0.15) is 5.26 Å². The Bertz CT molecular complexity index is 1160. The van der Waals surface area contributed by atoms with Crippen LogP contribution in [0.25, 0.3) is 16.6 Å². The van der Waals surface area contributed by atoms with E-state index < -0.39 is 0 Å². The van der Waals surface area contributed by atoms with E-state index in [-0.39, 0.29) is 38.8 Å². The zero-order chi connectivity index (χ0) is 21.6. The SMILES string of the molecule is N#CC1COc2ccc([NH-])cc2N1CC1=CCCC=C1.ONc1ccc2cc[nH]c2c1.[Y]. The molecule has 1 radical (unpaired) electrons. The van der Waals surface area contributed by atoms with Gasteiger partial charge in [0.05, 0.1) is 17.4 Å². The van der Waals surface area contributed by atoms with Gasteiger partial charge in [-0.25, -0.2) is 0 Å². The number of nitrogens with one attached hydrogen (secondary N) is 3. The van der Waals surface area contributed by atoms with Gasteiger partial charge in [-0.3, -0.25) is 10.7 Å². The number of rotatable bonds is 3. The summed E-state index contributed by atoms with van der Waals surface area (Å²) in [6.45, 7) is 1.06. The number of hydrogen-bond acceptors (Lipinski definition) is 5. The predicted molar refractivity (Wildman–Crippen MR) is 123 cm³/mol. The first-order valence-electron chi connectivity index (χ1n) is 10.2. The summed E-state index contributed by atoms with van der Waals surface area (Å²) < 4.78 is 5.62. The Kier molecular flexibility index (Phi) is 8.35. The first-order valence-corrected chi connectivity index (χ1v) is 10.2. The van der Waals surface area contributed by atoms with Crippen molar-refractivity contribution in [2.24, 2.45) is 0 Å². The second kappa shape index (κ2) is 11.2.